The number of nitrogens with one attached hydrogen (secondary N) is 1. The van der Waals surface area contributed by atoms with Crippen molar-refractivity contribution in [1.82, 2.24) is 4.90 Å². The average molecular weight is 287 g/mol. The summed E-state index contributed by atoms with van der Waals surface area (Å²) in [5.74, 6) is 0.501. The molecule has 21 heavy (non-hydrogen) atoms. The summed E-state index contributed by atoms with van der Waals surface area (Å²) in [6.07, 6.45) is 4.54. The molecule has 0 radical (unpaired) electrons. The molecule has 4 heteroatoms. The molecule has 1 fully saturated rings. The number of hydrogen-bond acceptors (Lipinski definition) is 2. The molecular weight excluding hydrogens is 262 g/mol. The molecule has 0 spiro atoms. The number of ketones is 1. The Balaban J connectivity index is 1.66. The van der Waals surface area contributed by atoms with Gasteiger partial charge in [-0.3, -0.25) is 10.2 Å². The van der Waals surface area contributed by atoms with E-state index in [0.29, 0.717) is 18.7 Å². The lowest BCUT2D eigenvalue weighted by atomic mass is 9.97. The van der Waals surface area contributed by atoms with Crippen molar-refractivity contribution >= 4 is 11.7 Å². The van der Waals surface area contributed by atoms with Crippen LogP contribution >= 0.6 is 0 Å². The van der Waals surface area contributed by atoms with Crippen molar-refractivity contribution in [1.29, 1.82) is 5.41 Å². The predicted molar refractivity (Wildman–Crippen MR) is 85.3 cm³/mol. The Kier molecular flexibility index (Phi) is 5.37. The van der Waals surface area contributed by atoms with E-state index in [1.165, 1.54) is 11.1 Å². The van der Waals surface area contributed by atoms with Gasteiger partial charge in [0.05, 0.1) is 0 Å². The molecule has 0 aliphatic carbocycles. The van der Waals surface area contributed by atoms with Crippen LogP contribution in [0, 0.1) is 18.3 Å². The van der Waals surface area contributed by atoms with Crippen LogP contribution in [-0.4, -0.2) is 29.7 Å². The molecule has 2 rings (SSSR count). The topological polar surface area (TPSA) is 70.2 Å². The zero-order valence-corrected chi connectivity index (χ0v) is 12.8. The van der Waals surface area contributed by atoms with Gasteiger partial charge in [0, 0.05) is 25.4 Å². The zero-order chi connectivity index (χ0) is 15.2. The highest BCUT2D eigenvalue weighted by molar-refractivity contribution is 5.83. The van der Waals surface area contributed by atoms with Crippen LogP contribution in [0.25, 0.3) is 0 Å². The second kappa shape index (κ2) is 7.25. The Morgan fingerprint density at radius 3 is 2.67 bits per heavy atom. The Morgan fingerprint density at radius 2 is 2.05 bits per heavy atom. The number of nitrogens with two attached hydrogens (primary N) is 1. The van der Waals surface area contributed by atoms with Gasteiger partial charge in [0.15, 0.2) is 5.96 Å². The van der Waals surface area contributed by atoms with E-state index in [2.05, 4.69) is 31.2 Å². The molecule has 0 bridgehead atoms. The van der Waals surface area contributed by atoms with Crippen molar-refractivity contribution in [3.63, 3.8) is 0 Å². The van der Waals surface area contributed by atoms with Gasteiger partial charge in [0.2, 0.25) is 0 Å². The maximum atomic E-state index is 12.1. The van der Waals surface area contributed by atoms with Crippen molar-refractivity contribution < 1.29 is 4.79 Å². The summed E-state index contributed by atoms with van der Waals surface area (Å²) in [6, 6.07) is 8.60. The van der Waals surface area contributed by atoms with E-state index in [9.17, 15) is 4.79 Å². The minimum Gasteiger partial charge on any atom is -0.370 e. The van der Waals surface area contributed by atoms with Gasteiger partial charge in [-0.15, -0.1) is 0 Å². The van der Waals surface area contributed by atoms with Gasteiger partial charge in [-0.2, -0.15) is 0 Å². The fourth-order valence-electron chi connectivity index (χ4n) is 2.83. The monoisotopic (exact) mass is 287 g/mol. The van der Waals surface area contributed by atoms with Crippen LogP contribution in [0.3, 0.4) is 0 Å². The number of benzene rings is 1. The molecule has 1 aromatic carbocycles. The van der Waals surface area contributed by atoms with Crippen molar-refractivity contribution in [2.75, 3.05) is 13.1 Å². The van der Waals surface area contributed by atoms with Gasteiger partial charge in [0.1, 0.15) is 5.78 Å². The predicted octanol–water partition coefficient (Wildman–Crippen LogP) is 2.49. The molecular formula is C17H25N3O. The Bertz CT molecular complexity index is 495. The number of carbonyl (C=O) groups excluding carboxylic acids is 1. The third kappa shape index (κ3) is 4.59. The molecule has 0 amide bonds. The molecule has 0 unspecified atom stereocenters. The van der Waals surface area contributed by atoms with E-state index in [1.807, 2.05) is 0 Å². The van der Waals surface area contributed by atoms with Crippen molar-refractivity contribution in [2.45, 2.75) is 39.0 Å². The summed E-state index contributed by atoms with van der Waals surface area (Å²) in [6.45, 7) is 3.47. The summed E-state index contributed by atoms with van der Waals surface area (Å²) >= 11 is 0. The van der Waals surface area contributed by atoms with Gasteiger partial charge < -0.3 is 10.6 Å². The standard InChI is InChI=1S/C17H25N3O/c1-13-6-8-14(9-7-13)4-2-3-5-16(21)15-10-11-20(12-15)17(18)19/h6-9,15H,2-5,10-12H2,1H3,(H3,18,19)/t15-/m1/s1. The van der Waals surface area contributed by atoms with E-state index < -0.39 is 0 Å². The molecule has 114 valence electrons. The van der Waals surface area contributed by atoms with Crippen LogP contribution in [0.5, 0.6) is 0 Å². The first kappa shape index (κ1) is 15.5. The molecule has 1 atom stereocenters. The van der Waals surface area contributed by atoms with Gasteiger partial charge in [-0.05, 0) is 38.2 Å². The highest BCUT2D eigenvalue weighted by Crippen LogP contribution is 2.19. The maximum absolute atomic E-state index is 12.1. The largest absolute Gasteiger partial charge is 0.370 e. The quantitative estimate of drug-likeness (QED) is 0.480. The summed E-state index contributed by atoms with van der Waals surface area (Å²) in [5, 5.41) is 7.39. The number of Topliss-reactive ketones (excluding diaryl/α,β-unsaturated/α-hetero) is 1. The third-order valence-corrected chi connectivity index (χ3v) is 4.24. The minimum absolute atomic E-state index is 0.0771. The minimum atomic E-state index is 0.0771. The fourth-order valence-corrected chi connectivity index (χ4v) is 2.83. The van der Waals surface area contributed by atoms with E-state index in [0.717, 1.165) is 32.2 Å². The number of nitrogens with zero attached hydrogens (tertiary/aromatic N) is 1. The van der Waals surface area contributed by atoms with Gasteiger partial charge in [-0.25, -0.2) is 0 Å². The van der Waals surface area contributed by atoms with E-state index in [1.54, 1.807) is 4.90 Å². The zero-order valence-electron chi connectivity index (χ0n) is 12.8. The summed E-state index contributed by atoms with van der Waals surface area (Å²) in [5.41, 5.74) is 8.08. The molecule has 0 saturated carbocycles. The van der Waals surface area contributed by atoms with Gasteiger partial charge in [0.25, 0.3) is 0 Å². The van der Waals surface area contributed by atoms with Crippen LogP contribution in [0.1, 0.15) is 36.8 Å². The third-order valence-electron chi connectivity index (χ3n) is 4.24. The number of likely N-dealkylation sites (tertiary alicyclic amines) is 1. The Labute approximate surface area is 126 Å². The van der Waals surface area contributed by atoms with Crippen molar-refractivity contribution in [3.8, 4) is 0 Å². The van der Waals surface area contributed by atoms with Crippen LogP contribution in [0.4, 0.5) is 0 Å². The van der Waals surface area contributed by atoms with Crippen LogP contribution < -0.4 is 5.73 Å². The van der Waals surface area contributed by atoms with Crippen LogP contribution in [0.15, 0.2) is 24.3 Å². The van der Waals surface area contributed by atoms with E-state index in [-0.39, 0.29) is 11.9 Å². The number of unbranched alkanes of at least 4 members (excludes halogenated alkanes) is 1. The van der Waals surface area contributed by atoms with Gasteiger partial charge >= 0.3 is 0 Å². The molecule has 1 aromatic rings. The Hall–Kier alpha value is -1.84. The molecule has 0 aromatic heterocycles. The lowest BCUT2D eigenvalue weighted by Gasteiger charge is -2.15. The first-order valence-corrected chi connectivity index (χ1v) is 7.73. The van der Waals surface area contributed by atoms with E-state index in [4.69, 9.17) is 11.1 Å². The summed E-state index contributed by atoms with van der Waals surface area (Å²) < 4.78 is 0. The lowest BCUT2D eigenvalue weighted by Crippen LogP contribution is -2.35. The lowest BCUT2D eigenvalue weighted by molar-refractivity contribution is -0.122. The second-order valence-corrected chi connectivity index (χ2v) is 5.98. The van der Waals surface area contributed by atoms with Gasteiger partial charge in [-0.1, -0.05) is 29.8 Å². The van der Waals surface area contributed by atoms with Crippen LogP contribution in [0.2, 0.25) is 0 Å². The molecule has 1 aliphatic heterocycles. The number of hydrogen-bond donors (Lipinski definition) is 2. The van der Waals surface area contributed by atoms with Crippen LogP contribution in [-0.2, 0) is 11.2 Å². The fraction of sp³-hybridized carbons (Fsp3) is 0.529. The highest BCUT2D eigenvalue weighted by Gasteiger charge is 2.28. The molecule has 1 heterocycles. The maximum Gasteiger partial charge on any atom is 0.188 e. The number of rotatable bonds is 6. The highest BCUT2D eigenvalue weighted by atomic mass is 16.1. The summed E-state index contributed by atoms with van der Waals surface area (Å²) in [7, 11) is 0. The molecule has 3 N–H and O–H groups in total. The van der Waals surface area contributed by atoms with E-state index >= 15 is 0 Å². The number of guanidine groups is 1. The SMILES string of the molecule is Cc1ccc(CCCCC(=O)[C@@H]2CCN(C(=N)N)C2)cc1. The second-order valence-electron chi connectivity index (χ2n) is 5.98. The first-order chi connectivity index (χ1) is 10.1. The molecule has 1 saturated heterocycles. The average Bonchev–Trinajstić information content (AvgIpc) is 2.95. The normalized spacial score (nSPS) is 18.0. The summed E-state index contributed by atoms with van der Waals surface area (Å²) in [4.78, 5) is 13.9. The molecule has 4 nitrogen and oxygen atoms in total. The van der Waals surface area contributed by atoms with Crippen molar-refractivity contribution in [2.24, 2.45) is 11.7 Å². The smallest absolute Gasteiger partial charge is 0.188 e. The van der Waals surface area contributed by atoms with Crippen molar-refractivity contribution in [3.05, 3.63) is 35.4 Å². The first-order valence-electron chi connectivity index (χ1n) is 7.73. The molecule has 1 aliphatic rings. The number of carbonyl (C=O) groups is 1. The number of aryl methyl sites for hydroxylation is 2. The Morgan fingerprint density at radius 1 is 1.33 bits per heavy atom.